The summed E-state index contributed by atoms with van der Waals surface area (Å²) in [5, 5.41) is 2.82. The number of rotatable bonds is 3. The van der Waals surface area contributed by atoms with Crippen molar-refractivity contribution in [2.75, 3.05) is 27.2 Å². The molecular formula is C18H24FN3O2. The van der Waals surface area contributed by atoms with Crippen LogP contribution in [0.2, 0.25) is 0 Å². The molecule has 1 heterocycles. The Labute approximate surface area is 141 Å². The highest BCUT2D eigenvalue weighted by molar-refractivity contribution is 5.91. The van der Waals surface area contributed by atoms with E-state index in [1.165, 1.54) is 12.1 Å². The average Bonchev–Trinajstić information content (AvgIpc) is 2.45. The van der Waals surface area contributed by atoms with E-state index in [4.69, 9.17) is 0 Å². The summed E-state index contributed by atoms with van der Waals surface area (Å²) in [4.78, 5) is 29.2. The number of hydrogen-bond donors (Lipinski definition) is 1. The van der Waals surface area contributed by atoms with Crippen molar-refractivity contribution in [2.45, 2.75) is 31.8 Å². The first-order valence-electron chi connectivity index (χ1n) is 8.39. The summed E-state index contributed by atoms with van der Waals surface area (Å²) < 4.78 is 13.4. The molecule has 1 saturated heterocycles. The van der Waals surface area contributed by atoms with Gasteiger partial charge < -0.3 is 15.1 Å². The number of benzene rings is 1. The van der Waals surface area contributed by atoms with Gasteiger partial charge in [0.1, 0.15) is 11.9 Å². The Kier molecular flexibility index (Phi) is 4.58. The maximum atomic E-state index is 13.4. The summed E-state index contributed by atoms with van der Waals surface area (Å²) >= 11 is 0. The Balaban J connectivity index is 1.82. The number of carbonyl (C=O) groups is 2. The van der Waals surface area contributed by atoms with Crippen molar-refractivity contribution < 1.29 is 14.0 Å². The van der Waals surface area contributed by atoms with Crippen molar-refractivity contribution >= 4 is 11.8 Å². The van der Waals surface area contributed by atoms with Gasteiger partial charge in [-0.3, -0.25) is 9.59 Å². The number of amides is 2. The maximum absolute atomic E-state index is 13.4. The number of halogens is 1. The molecular weight excluding hydrogens is 309 g/mol. The number of piperazine rings is 1. The largest absolute Gasteiger partial charge is 0.352 e. The van der Waals surface area contributed by atoms with Crippen LogP contribution in [0, 0.1) is 18.7 Å². The molecule has 0 spiro atoms. The minimum Gasteiger partial charge on any atom is -0.352 e. The molecule has 1 N–H and O–H groups in total. The van der Waals surface area contributed by atoms with E-state index in [0.717, 1.165) is 12.8 Å². The van der Waals surface area contributed by atoms with Gasteiger partial charge in [0.15, 0.2) is 0 Å². The standard InChI is InChI=1S/C18H24FN3O2/c1-11-8-13(19)4-5-15(11)16-17(23)20-6-7-22(16)18(24)12-9-14(10-12)21(2)3/h4-5,8,12,14,16H,6-7,9-10H2,1-3H3,(H,20,23). The van der Waals surface area contributed by atoms with E-state index in [2.05, 4.69) is 10.2 Å². The molecule has 2 amide bonds. The third-order valence-corrected chi connectivity index (χ3v) is 5.21. The topological polar surface area (TPSA) is 52.7 Å². The van der Waals surface area contributed by atoms with Crippen LogP contribution in [-0.2, 0) is 9.59 Å². The first-order valence-corrected chi connectivity index (χ1v) is 8.39. The second-order valence-electron chi connectivity index (χ2n) is 7.01. The highest BCUT2D eigenvalue weighted by atomic mass is 19.1. The van der Waals surface area contributed by atoms with Crippen molar-refractivity contribution in [1.82, 2.24) is 15.1 Å². The van der Waals surface area contributed by atoms with E-state index in [0.29, 0.717) is 30.3 Å². The number of aryl methyl sites for hydroxylation is 1. The molecule has 2 aliphatic rings. The predicted molar refractivity (Wildman–Crippen MR) is 88.8 cm³/mol. The van der Waals surface area contributed by atoms with Crippen molar-refractivity contribution in [3.63, 3.8) is 0 Å². The van der Waals surface area contributed by atoms with E-state index in [9.17, 15) is 14.0 Å². The van der Waals surface area contributed by atoms with Gasteiger partial charge in [-0.25, -0.2) is 4.39 Å². The fourth-order valence-corrected chi connectivity index (χ4v) is 3.60. The second kappa shape index (κ2) is 6.51. The van der Waals surface area contributed by atoms with E-state index in [1.54, 1.807) is 17.9 Å². The molecule has 2 fully saturated rings. The summed E-state index contributed by atoms with van der Waals surface area (Å²) in [5.41, 5.74) is 1.39. The molecule has 1 atom stereocenters. The van der Waals surface area contributed by atoms with Crippen LogP contribution in [0.3, 0.4) is 0 Å². The molecule has 5 nitrogen and oxygen atoms in total. The molecule has 0 bridgehead atoms. The van der Waals surface area contributed by atoms with Crippen LogP contribution >= 0.6 is 0 Å². The number of hydrogen-bond acceptors (Lipinski definition) is 3. The Morgan fingerprint density at radius 3 is 2.67 bits per heavy atom. The molecule has 0 radical (unpaired) electrons. The highest BCUT2D eigenvalue weighted by Crippen LogP contribution is 2.35. The summed E-state index contributed by atoms with van der Waals surface area (Å²) in [6.45, 7) is 2.73. The zero-order valence-electron chi connectivity index (χ0n) is 14.4. The number of carbonyl (C=O) groups excluding carboxylic acids is 2. The zero-order chi connectivity index (χ0) is 17.4. The number of nitrogens with zero attached hydrogens (tertiary/aromatic N) is 2. The SMILES string of the molecule is Cc1cc(F)ccc1C1C(=O)NCCN1C(=O)C1CC(N(C)C)C1. The lowest BCUT2D eigenvalue weighted by Gasteiger charge is -2.44. The molecule has 24 heavy (non-hydrogen) atoms. The van der Waals surface area contributed by atoms with Crippen LogP contribution in [-0.4, -0.2) is 54.8 Å². The van der Waals surface area contributed by atoms with Crippen LogP contribution in [0.5, 0.6) is 0 Å². The minimum absolute atomic E-state index is 0.0217. The molecule has 1 aromatic rings. The Hall–Kier alpha value is -1.95. The summed E-state index contributed by atoms with van der Waals surface area (Å²) in [5.74, 6) is -0.505. The Morgan fingerprint density at radius 1 is 1.33 bits per heavy atom. The van der Waals surface area contributed by atoms with Gasteiger partial charge in [-0.05, 0) is 57.1 Å². The smallest absolute Gasteiger partial charge is 0.247 e. The monoisotopic (exact) mass is 333 g/mol. The fraction of sp³-hybridized carbons (Fsp3) is 0.556. The lowest BCUT2D eigenvalue weighted by molar-refractivity contribution is -0.150. The van der Waals surface area contributed by atoms with Crippen LogP contribution < -0.4 is 5.32 Å². The Morgan fingerprint density at radius 2 is 2.04 bits per heavy atom. The third kappa shape index (κ3) is 3.02. The minimum atomic E-state index is -0.662. The molecule has 1 aliphatic carbocycles. The van der Waals surface area contributed by atoms with Gasteiger partial charge in [0, 0.05) is 25.0 Å². The Bertz CT molecular complexity index is 656. The van der Waals surface area contributed by atoms with Gasteiger partial charge in [-0.2, -0.15) is 0 Å². The van der Waals surface area contributed by atoms with Gasteiger partial charge in [-0.15, -0.1) is 0 Å². The molecule has 1 aliphatic heterocycles. The van der Waals surface area contributed by atoms with Gasteiger partial charge in [0.2, 0.25) is 11.8 Å². The number of nitrogens with one attached hydrogen (secondary N) is 1. The van der Waals surface area contributed by atoms with Gasteiger partial charge in [0.05, 0.1) is 0 Å². The van der Waals surface area contributed by atoms with Crippen molar-refractivity contribution in [1.29, 1.82) is 0 Å². The lowest BCUT2D eigenvalue weighted by Crippen LogP contribution is -2.56. The van der Waals surface area contributed by atoms with Crippen LogP contribution in [0.15, 0.2) is 18.2 Å². The van der Waals surface area contributed by atoms with Gasteiger partial charge in [-0.1, -0.05) is 6.07 Å². The van der Waals surface area contributed by atoms with Crippen LogP contribution in [0.25, 0.3) is 0 Å². The van der Waals surface area contributed by atoms with Gasteiger partial charge >= 0.3 is 0 Å². The molecule has 1 unspecified atom stereocenters. The molecule has 130 valence electrons. The normalized spacial score (nSPS) is 27.0. The lowest BCUT2D eigenvalue weighted by atomic mass is 9.78. The summed E-state index contributed by atoms with van der Waals surface area (Å²) in [6, 6.07) is 4.14. The summed E-state index contributed by atoms with van der Waals surface area (Å²) in [7, 11) is 4.04. The molecule has 0 aromatic heterocycles. The predicted octanol–water partition coefficient (Wildman–Crippen LogP) is 1.47. The average molecular weight is 333 g/mol. The molecule has 3 rings (SSSR count). The molecule has 6 heteroatoms. The first-order chi connectivity index (χ1) is 11.4. The van der Waals surface area contributed by atoms with E-state index < -0.39 is 6.04 Å². The first kappa shape index (κ1) is 16.9. The second-order valence-corrected chi connectivity index (χ2v) is 7.01. The highest BCUT2D eigenvalue weighted by Gasteiger charge is 2.42. The van der Waals surface area contributed by atoms with E-state index in [-0.39, 0.29) is 23.5 Å². The summed E-state index contributed by atoms with van der Waals surface area (Å²) in [6.07, 6.45) is 1.66. The van der Waals surface area contributed by atoms with Crippen molar-refractivity contribution in [3.05, 3.63) is 35.1 Å². The van der Waals surface area contributed by atoms with Crippen molar-refractivity contribution in [3.8, 4) is 0 Å². The quantitative estimate of drug-likeness (QED) is 0.911. The zero-order valence-corrected chi connectivity index (χ0v) is 14.4. The maximum Gasteiger partial charge on any atom is 0.247 e. The third-order valence-electron chi connectivity index (χ3n) is 5.21. The molecule has 1 saturated carbocycles. The fourth-order valence-electron chi connectivity index (χ4n) is 3.60. The van der Waals surface area contributed by atoms with Crippen molar-refractivity contribution in [2.24, 2.45) is 5.92 Å². The van der Waals surface area contributed by atoms with Crippen LogP contribution in [0.4, 0.5) is 4.39 Å². The van der Waals surface area contributed by atoms with Gasteiger partial charge in [0.25, 0.3) is 0 Å². The van der Waals surface area contributed by atoms with Crippen LogP contribution in [0.1, 0.15) is 30.0 Å². The molecule has 1 aromatic carbocycles. The van der Waals surface area contributed by atoms with E-state index >= 15 is 0 Å². The van der Waals surface area contributed by atoms with E-state index in [1.807, 2.05) is 14.1 Å².